The summed E-state index contributed by atoms with van der Waals surface area (Å²) in [6.07, 6.45) is 6.65. The van der Waals surface area contributed by atoms with Crippen molar-refractivity contribution in [1.29, 1.82) is 0 Å². The summed E-state index contributed by atoms with van der Waals surface area (Å²) in [4.78, 5) is 12.4. The number of benzene rings is 1. The molecular formula is C12H10FN3S. The molecule has 1 aromatic heterocycles. The van der Waals surface area contributed by atoms with Gasteiger partial charge in [0.2, 0.25) is 0 Å². The van der Waals surface area contributed by atoms with Crippen LogP contribution in [0, 0.1) is 5.82 Å². The highest BCUT2D eigenvalue weighted by Gasteiger charge is 2.05. The zero-order valence-corrected chi connectivity index (χ0v) is 9.99. The Labute approximate surface area is 103 Å². The number of rotatable bonds is 2. The van der Waals surface area contributed by atoms with Crippen molar-refractivity contribution in [2.24, 2.45) is 4.99 Å². The molecule has 0 aliphatic rings. The zero-order valence-electron chi connectivity index (χ0n) is 9.17. The van der Waals surface area contributed by atoms with E-state index in [1.54, 1.807) is 36.8 Å². The summed E-state index contributed by atoms with van der Waals surface area (Å²) in [5.74, 6) is -0.344. The lowest BCUT2D eigenvalue weighted by molar-refractivity contribution is 0.630. The predicted molar refractivity (Wildman–Crippen MR) is 68.1 cm³/mol. The van der Waals surface area contributed by atoms with Crippen molar-refractivity contribution in [2.45, 2.75) is 0 Å². The van der Waals surface area contributed by atoms with Gasteiger partial charge in [0.15, 0.2) is 0 Å². The van der Waals surface area contributed by atoms with Crippen LogP contribution in [-0.2, 0) is 0 Å². The smallest absolute Gasteiger partial charge is 0.148 e. The Morgan fingerprint density at radius 2 is 2.12 bits per heavy atom. The molecule has 1 aromatic carbocycles. The Hall–Kier alpha value is -1.75. The van der Waals surface area contributed by atoms with E-state index in [9.17, 15) is 4.39 Å². The molecule has 0 unspecified atom stereocenters. The molecule has 0 bridgehead atoms. The molecule has 5 heteroatoms. The van der Waals surface area contributed by atoms with Crippen LogP contribution in [0.15, 0.2) is 47.8 Å². The minimum atomic E-state index is -0.344. The number of hydrogen-bond acceptors (Lipinski definition) is 4. The van der Waals surface area contributed by atoms with E-state index in [0.717, 1.165) is 0 Å². The molecule has 0 saturated heterocycles. The Bertz CT molecular complexity index is 528. The van der Waals surface area contributed by atoms with Crippen molar-refractivity contribution in [1.82, 2.24) is 9.97 Å². The standard InChI is InChI=1S/C12H10FN3S/c1-17-12(11-8-14-6-7-15-11)16-10-5-3-2-4-9(10)13/h2-8H,1H3/b16-12-. The third-order valence-corrected chi connectivity index (χ3v) is 2.74. The van der Waals surface area contributed by atoms with E-state index in [2.05, 4.69) is 15.0 Å². The van der Waals surface area contributed by atoms with E-state index in [1.807, 2.05) is 6.26 Å². The van der Waals surface area contributed by atoms with Gasteiger partial charge >= 0.3 is 0 Å². The van der Waals surface area contributed by atoms with Crippen LogP contribution in [0.3, 0.4) is 0 Å². The third-order valence-electron chi connectivity index (χ3n) is 2.05. The Morgan fingerprint density at radius 3 is 2.76 bits per heavy atom. The maximum Gasteiger partial charge on any atom is 0.148 e. The van der Waals surface area contributed by atoms with Gasteiger partial charge in [-0.15, -0.1) is 11.8 Å². The first-order chi connectivity index (χ1) is 8.31. The van der Waals surface area contributed by atoms with Gasteiger partial charge in [-0.2, -0.15) is 0 Å². The van der Waals surface area contributed by atoms with Crippen molar-refractivity contribution in [3.8, 4) is 0 Å². The minimum Gasteiger partial charge on any atom is -0.261 e. The highest BCUT2D eigenvalue weighted by molar-refractivity contribution is 8.13. The fourth-order valence-corrected chi connectivity index (χ4v) is 1.77. The fourth-order valence-electron chi connectivity index (χ4n) is 1.27. The van der Waals surface area contributed by atoms with Crippen molar-refractivity contribution in [3.05, 3.63) is 54.4 Å². The maximum atomic E-state index is 13.4. The van der Waals surface area contributed by atoms with E-state index in [0.29, 0.717) is 16.4 Å². The van der Waals surface area contributed by atoms with Crippen molar-refractivity contribution < 1.29 is 4.39 Å². The maximum absolute atomic E-state index is 13.4. The molecule has 3 nitrogen and oxygen atoms in total. The largest absolute Gasteiger partial charge is 0.261 e. The number of hydrogen-bond donors (Lipinski definition) is 0. The van der Waals surface area contributed by atoms with Crippen molar-refractivity contribution in [2.75, 3.05) is 6.26 Å². The highest BCUT2D eigenvalue weighted by atomic mass is 32.2. The summed E-state index contributed by atoms with van der Waals surface area (Å²) in [7, 11) is 0. The Morgan fingerprint density at radius 1 is 1.29 bits per heavy atom. The molecule has 0 fully saturated rings. The van der Waals surface area contributed by atoms with Crippen LogP contribution in [-0.4, -0.2) is 21.3 Å². The molecule has 0 spiro atoms. The van der Waals surface area contributed by atoms with Gasteiger partial charge in [0.1, 0.15) is 22.2 Å². The van der Waals surface area contributed by atoms with E-state index >= 15 is 0 Å². The SMILES string of the molecule is CS/C(=N\c1ccccc1F)c1cnccn1. The van der Waals surface area contributed by atoms with Gasteiger partial charge in [-0.05, 0) is 18.4 Å². The van der Waals surface area contributed by atoms with E-state index in [1.165, 1.54) is 17.8 Å². The molecule has 0 atom stereocenters. The second-order valence-corrected chi connectivity index (χ2v) is 3.96. The molecule has 2 aromatic rings. The first kappa shape index (κ1) is 11.7. The van der Waals surface area contributed by atoms with Gasteiger partial charge in [0, 0.05) is 12.4 Å². The lowest BCUT2D eigenvalue weighted by Crippen LogP contribution is -1.98. The summed E-state index contributed by atoms with van der Waals surface area (Å²) in [5.41, 5.74) is 0.950. The van der Waals surface area contributed by atoms with Crippen LogP contribution in [0.25, 0.3) is 0 Å². The average Bonchev–Trinajstić information content (AvgIpc) is 2.39. The number of halogens is 1. The summed E-state index contributed by atoms with van der Waals surface area (Å²) < 4.78 is 13.4. The predicted octanol–water partition coefficient (Wildman–Crippen LogP) is 3.06. The first-order valence-corrected chi connectivity index (χ1v) is 6.17. The number of para-hydroxylation sites is 1. The lowest BCUT2D eigenvalue weighted by atomic mass is 10.3. The molecule has 0 N–H and O–H groups in total. The van der Waals surface area contributed by atoms with Gasteiger partial charge in [-0.1, -0.05) is 12.1 Å². The molecule has 17 heavy (non-hydrogen) atoms. The number of aliphatic imine (C=N–C) groups is 1. The van der Waals surface area contributed by atoms with Crippen LogP contribution >= 0.6 is 11.8 Å². The zero-order chi connectivity index (χ0) is 12.1. The molecule has 0 radical (unpaired) electrons. The summed E-state index contributed by atoms with van der Waals surface area (Å²) in [5, 5.41) is 0.642. The number of nitrogens with zero attached hydrogens (tertiary/aromatic N) is 3. The summed E-state index contributed by atoms with van der Waals surface area (Å²) in [6, 6.07) is 6.39. The highest BCUT2D eigenvalue weighted by Crippen LogP contribution is 2.20. The third kappa shape index (κ3) is 2.88. The van der Waals surface area contributed by atoms with Gasteiger partial charge < -0.3 is 0 Å². The Kier molecular flexibility index (Phi) is 3.82. The lowest BCUT2D eigenvalue weighted by Gasteiger charge is -2.02. The molecule has 2 rings (SSSR count). The second-order valence-electron chi connectivity index (χ2n) is 3.16. The van der Waals surface area contributed by atoms with Crippen LogP contribution in [0.2, 0.25) is 0 Å². The molecule has 1 heterocycles. The number of aromatic nitrogens is 2. The van der Waals surface area contributed by atoms with Crippen molar-refractivity contribution in [3.63, 3.8) is 0 Å². The normalized spacial score (nSPS) is 11.5. The molecular weight excluding hydrogens is 237 g/mol. The monoisotopic (exact) mass is 247 g/mol. The summed E-state index contributed by atoms with van der Waals surface area (Å²) >= 11 is 1.41. The summed E-state index contributed by atoms with van der Waals surface area (Å²) in [6.45, 7) is 0. The van der Waals surface area contributed by atoms with Gasteiger partial charge in [0.25, 0.3) is 0 Å². The van der Waals surface area contributed by atoms with E-state index in [4.69, 9.17) is 0 Å². The fraction of sp³-hybridized carbons (Fsp3) is 0.0833. The Balaban J connectivity index is 2.40. The average molecular weight is 247 g/mol. The molecule has 0 amide bonds. The van der Waals surface area contributed by atoms with E-state index in [-0.39, 0.29) is 5.82 Å². The molecule has 0 aliphatic heterocycles. The van der Waals surface area contributed by atoms with Crippen LogP contribution in [0.5, 0.6) is 0 Å². The van der Waals surface area contributed by atoms with Crippen molar-refractivity contribution >= 4 is 22.5 Å². The topological polar surface area (TPSA) is 38.1 Å². The van der Waals surface area contributed by atoms with Gasteiger partial charge in [-0.25, -0.2) is 9.38 Å². The van der Waals surface area contributed by atoms with Crippen LogP contribution in [0.4, 0.5) is 10.1 Å². The second kappa shape index (κ2) is 5.54. The molecule has 86 valence electrons. The van der Waals surface area contributed by atoms with Gasteiger partial charge in [0.05, 0.1) is 6.20 Å². The van der Waals surface area contributed by atoms with Crippen LogP contribution in [0.1, 0.15) is 5.69 Å². The quantitative estimate of drug-likeness (QED) is 0.604. The van der Waals surface area contributed by atoms with E-state index < -0.39 is 0 Å². The molecule has 0 aliphatic carbocycles. The minimum absolute atomic E-state index is 0.308. The first-order valence-electron chi connectivity index (χ1n) is 4.95. The van der Waals surface area contributed by atoms with Crippen LogP contribution < -0.4 is 0 Å². The van der Waals surface area contributed by atoms with Gasteiger partial charge in [-0.3, -0.25) is 9.97 Å². The number of thioether (sulfide) groups is 1. The molecule has 0 saturated carbocycles.